The van der Waals surface area contributed by atoms with Crippen molar-refractivity contribution in [3.63, 3.8) is 0 Å². The largest absolute Gasteiger partial charge is 0.453 e. The fourth-order valence-electron chi connectivity index (χ4n) is 0.943. The molecule has 0 fully saturated rings. The SMILES string of the molecule is CC(NCCO)c1ccc(Br)o1. The van der Waals surface area contributed by atoms with Crippen LogP contribution in [0.5, 0.6) is 0 Å². The molecular formula is C8H12BrNO2. The summed E-state index contributed by atoms with van der Waals surface area (Å²) in [7, 11) is 0. The molecule has 0 amide bonds. The molecule has 0 aromatic carbocycles. The molecule has 1 aromatic heterocycles. The third kappa shape index (κ3) is 2.62. The van der Waals surface area contributed by atoms with Crippen LogP contribution in [0.2, 0.25) is 0 Å². The van der Waals surface area contributed by atoms with Gasteiger partial charge < -0.3 is 14.8 Å². The van der Waals surface area contributed by atoms with Crippen LogP contribution in [-0.2, 0) is 0 Å². The molecule has 0 aliphatic carbocycles. The van der Waals surface area contributed by atoms with Gasteiger partial charge in [-0.2, -0.15) is 0 Å². The van der Waals surface area contributed by atoms with Crippen LogP contribution in [0.25, 0.3) is 0 Å². The van der Waals surface area contributed by atoms with Gasteiger partial charge in [0.2, 0.25) is 0 Å². The maximum atomic E-state index is 8.56. The molecule has 4 heteroatoms. The minimum absolute atomic E-state index is 0.142. The molecule has 0 spiro atoms. The van der Waals surface area contributed by atoms with E-state index in [1.54, 1.807) is 0 Å². The van der Waals surface area contributed by atoms with Gasteiger partial charge in [-0.05, 0) is 35.0 Å². The number of aliphatic hydroxyl groups excluding tert-OH is 1. The van der Waals surface area contributed by atoms with Crippen molar-refractivity contribution in [2.75, 3.05) is 13.2 Å². The summed E-state index contributed by atoms with van der Waals surface area (Å²) in [4.78, 5) is 0. The smallest absolute Gasteiger partial charge is 0.169 e. The molecule has 3 nitrogen and oxygen atoms in total. The Hall–Kier alpha value is -0.320. The molecule has 1 heterocycles. The molecule has 68 valence electrons. The van der Waals surface area contributed by atoms with E-state index in [-0.39, 0.29) is 12.6 Å². The lowest BCUT2D eigenvalue weighted by atomic mass is 10.2. The second-order valence-electron chi connectivity index (χ2n) is 2.54. The average Bonchev–Trinajstić information content (AvgIpc) is 2.47. The third-order valence-corrected chi connectivity index (χ3v) is 2.01. The van der Waals surface area contributed by atoms with Crippen molar-refractivity contribution < 1.29 is 9.52 Å². The topological polar surface area (TPSA) is 45.4 Å². The monoisotopic (exact) mass is 233 g/mol. The number of nitrogens with one attached hydrogen (secondary N) is 1. The molecular weight excluding hydrogens is 222 g/mol. The van der Waals surface area contributed by atoms with E-state index in [0.717, 1.165) is 10.4 Å². The van der Waals surface area contributed by atoms with Crippen molar-refractivity contribution >= 4 is 15.9 Å². The lowest BCUT2D eigenvalue weighted by molar-refractivity contribution is 0.281. The first-order valence-electron chi connectivity index (χ1n) is 3.83. The Kier molecular flexibility index (Phi) is 3.78. The highest BCUT2D eigenvalue weighted by Gasteiger charge is 2.07. The molecule has 0 saturated carbocycles. The summed E-state index contributed by atoms with van der Waals surface area (Å²) in [5.41, 5.74) is 0. The van der Waals surface area contributed by atoms with Crippen LogP contribution in [0.3, 0.4) is 0 Å². The quantitative estimate of drug-likeness (QED) is 0.833. The summed E-state index contributed by atoms with van der Waals surface area (Å²) < 4.78 is 6.05. The Labute approximate surface area is 79.9 Å². The van der Waals surface area contributed by atoms with Crippen molar-refractivity contribution in [3.8, 4) is 0 Å². The Bertz CT molecular complexity index is 237. The van der Waals surface area contributed by atoms with Crippen molar-refractivity contribution in [1.29, 1.82) is 0 Å². The first-order chi connectivity index (χ1) is 5.74. The molecule has 0 bridgehead atoms. The van der Waals surface area contributed by atoms with Gasteiger partial charge >= 0.3 is 0 Å². The van der Waals surface area contributed by atoms with Crippen LogP contribution in [0.1, 0.15) is 18.7 Å². The molecule has 1 rings (SSSR count). The molecule has 1 atom stereocenters. The first kappa shape index (κ1) is 9.77. The Balaban J connectivity index is 2.47. The Morgan fingerprint density at radius 1 is 1.67 bits per heavy atom. The molecule has 1 aromatic rings. The summed E-state index contributed by atoms with van der Waals surface area (Å²) >= 11 is 3.22. The number of rotatable bonds is 4. The zero-order chi connectivity index (χ0) is 8.97. The van der Waals surface area contributed by atoms with Crippen molar-refractivity contribution in [1.82, 2.24) is 5.32 Å². The second-order valence-corrected chi connectivity index (χ2v) is 3.32. The normalized spacial score (nSPS) is 13.2. The van der Waals surface area contributed by atoms with E-state index in [2.05, 4.69) is 21.2 Å². The lowest BCUT2D eigenvalue weighted by Gasteiger charge is -2.08. The molecule has 0 aliphatic rings. The minimum atomic E-state index is 0.142. The van der Waals surface area contributed by atoms with Gasteiger partial charge in [-0.15, -0.1) is 0 Å². The predicted molar refractivity (Wildman–Crippen MR) is 49.9 cm³/mol. The fraction of sp³-hybridized carbons (Fsp3) is 0.500. The Morgan fingerprint density at radius 3 is 2.92 bits per heavy atom. The standard InChI is InChI=1S/C8H12BrNO2/c1-6(10-4-5-11)7-2-3-8(9)12-7/h2-3,6,10-11H,4-5H2,1H3. The zero-order valence-corrected chi connectivity index (χ0v) is 8.47. The van der Waals surface area contributed by atoms with Gasteiger partial charge in [0, 0.05) is 6.54 Å². The zero-order valence-electron chi connectivity index (χ0n) is 6.88. The van der Waals surface area contributed by atoms with Crippen molar-refractivity contribution in [2.24, 2.45) is 0 Å². The average molecular weight is 234 g/mol. The number of hydrogen-bond acceptors (Lipinski definition) is 3. The maximum absolute atomic E-state index is 8.56. The first-order valence-corrected chi connectivity index (χ1v) is 4.63. The van der Waals surface area contributed by atoms with E-state index in [9.17, 15) is 0 Å². The third-order valence-electron chi connectivity index (χ3n) is 1.58. The predicted octanol–water partition coefficient (Wildman–Crippen LogP) is 1.69. The highest BCUT2D eigenvalue weighted by molar-refractivity contribution is 9.10. The van der Waals surface area contributed by atoms with Gasteiger partial charge in [0.1, 0.15) is 5.76 Å². The summed E-state index contributed by atoms with van der Waals surface area (Å²) in [6, 6.07) is 3.90. The van der Waals surface area contributed by atoms with Crippen LogP contribution in [-0.4, -0.2) is 18.3 Å². The highest BCUT2D eigenvalue weighted by atomic mass is 79.9. The van der Waals surface area contributed by atoms with E-state index < -0.39 is 0 Å². The van der Waals surface area contributed by atoms with Gasteiger partial charge in [0.15, 0.2) is 4.67 Å². The number of halogens is 1. The van der Waals surface area contributed by atoms with Crippen LogP contribution in [0.15, 0.2) is 21.2 Å². The van der Waals surface area contributed by atoms with Crippen LogP contribution in [0, 0.1) is 0 Å². The van der Waals surface area contributed by atoms with Crippen molar-refractivity contribution in [2.45, 2.75) is 13.0 Å². The minimum Gasteiger partial charge on any atom is -0.453 e. The summed E-state index contributed by atoms with van der Waals surface area (Å²) in [6.45, 7) is 2.71. The van der Waals surface area contributed by atoms with Crippen molar-refractivity contribution in [3.05, 3.63) is 22.6 Å². The summed E-state index contributed by atoms with van der Waals surface area (Å²) in [5, 5.41) is 11.7. The molecule has 12 heavy (non-hydrogen) atoms. The van der Waals surface area contributed by atoms with Gasteiger partial charge in [-0.25, -0.2) is 0 Å². The van der Waals surface area contributed by atoms with Crippen LogP contribution in [0.4, 0.5) is 0 Å². The van der Waals surface area contributed by atoms with Gasteiger partial charge in [-0.1, -0.05) is 0 Å². The van der Waals surface area contributed by atoms with E-state index >= 15 is 0 Å². The molecule has 0 saturated heterocycles. The lowest BCUT2D eigenvalue weighted by Crippen LogP contribution is -2.21. The van der Waals surface area contributed by atoms with Gasteiger partial charge in [-0.3, -0.25) is 0 Å². The Morgan fingerprint density at radius 2 is 2.42 bits per heavy atom. The molecule has 0 aliphatic heterocycles. The summed E-state index contributed by atoms with van der Waals surface area (Å²) in [6.07, 6.45) is 0. The van der Waals surface area contributed by atoms with E-state index in [1.165, 1.54) is 0 Å². The second kappa shape index (κ2) is 4.64. The molecule has 2 N–H and O–H groups in total. The number of hydrogen-bond donors (Lipinski definition) is 2. The van der Waals surface area contributed by atoms with Gasteiger partial charge in [0.05, 0.1) is 12.6 Å². The van der Waals surface area contributed by atoms with E-state index in [0.29, 0.717) is 6.54 Å². The maximum Gasteiger partial charge on any atom is 0.169 e. The van der Waals surface area contributed by atoms with Crippen LogP contribution >= 0.6 is 15.9 Å². The molecule has 0 radical (unpaired) electrons. The summed E-state index contributed by atoms with van der Waals surface area (Å²) in [5.74, 6) is 0.871. The van der Waals surface area contributed by atoms with Crippen LogP contribution < -0.4 is 5.32 Å². The van der Waals surface area contributed by atoms with E-state index in [4.69, 9.17) is 9.52 Å². The molecule has 1 unspecified atom stereocenters. The van der Waals surface area contributed by atoms with Gasteiger partial charge in [0.25, 0.3) is 0 Å². The van der Waals surface area contributed by atoms with E-state index in [1.807, 2.05) is 19.1 Å². The number of furan rings is 1. The highest BCUT2D eigenvalue weighted by Crippen LogP contribution is 2.19. The number of aliphatic hydroxyl groups is 1. The fourth-order valence-corrected chi connectivity index (χ4v) is 1.26.